The van der Waals surface area contributed by atoms with Gasteiger partial charge in [-0.3, -0.25) is 9.59 Å². The molecule has 8 nitrogen and oxygen atoms in total. The summed E-state index contributed by atoms with van der Waals surface area (Å²) in [5, 5.41) is 6.96. The van der Waals surface area contributed by atoms with Crippen LogP contribution in [0.2, 0.25) is 0 Å². The van der Waals surface area contributed by atoms with Gasteiger partial charge in [-0.25, -0.2) is 4.79 Å². The summed E-state index contributed by atoms with van der Waals surface area (Å²) in [6.07, 6.45) is 5.52. The van der Waals surface area contributed by atoms with Crippen LogP contribution in [0.1, 0.15) is 45.4 Å². The van der Waals surface area contributed by atoms with E-state index in [0.717, 1.165) is 30.4 Å². The zero-order valence-electron chi connectivity index (χ0n) is 15.9. The number of carbonyl (C=O) groups excluding carboxylic acids is 2. The lowest BCUT2D eigenvalue weighted by atomic mass is 10.1. The first-order chi connectivity index (χ1) is 13.5. The Kier molecular flexibility index (Phi) is 6.62. The van der Waals surface area contributed by atoms with Crippen molar-refractivity contribution >= 4 is 11.9 Å². The molecule has 2 aromatic rings. The summed E-state index contributed by atoms with van der Waals surface area (Å²) in [6, 6.07) is 9.02. The Morgan fingerprint density at radius 1 is 1.21 bits per heavy atom. The topological polar surface area (TPSA) is 103 Å². The second kappa shape index (κ2) is 9.34. The minimum absolute atomic E-state index is 0.123. The Morgan fingerprint density at radius 2 is 1.89 bits per heavy atom. The lowest BCUT2D eigenvalue weighted by Crippen LogP contribution is -2.42. The normalized spacial score (nSPS) is 16.2. The predicted octanol–water partition coefficient (Wildman–Crippen LogP) is 2.27. The number of benzene rings is 1. The van der Waals surface area contributed by atoms with Crippen LogP contribution >= 0.6 is 0 Å². The van der Waals surface area contributed by atoms with Gasteiger partial charge in [-0.15, -0.1) is 5.10 Å². The number of aromatic nitrogens is 2. The van der Waals surface area contributed by atoms with Crippen molar-refractivity contribution in [2.45, 2.75) is 64.1 Å². The number of carbonyl (C=O) groups is 2. The molecule has 0 aliphatic heterocycles. The Morgan fingerprint density at radius 3 is 2.57 bits per heavy atom. The Hall–Kier alpha value is -2.90. The summed E-state index contributed by atoms with van der Waals surface area (Å²) in [5.74, 6) is -1.68. The van der Waals surface area contributed by atoms with E-state index in [1.807, 2.05) is 6.07 Å². The number of esters is 1. The summed E-state index contributed by atoms with van der Waals surface area (Å²) >= 11 is 0. The minimum atomic E-state index is -0.938. The van der Waals surface area contributed by atoms with Crippen molar-refractivity contribution in [2.24, 2.45) is 0 Å². The van der Waals surface area contributed by atoms with Gasteiger partial charge in [0.2, 0.25) is 5.89 Å². The molecule has 1 aliphatic carbocycles. The molecule has 28 heavy (non-hydrogen) atoms. The zero-order valence-corrected chi connectivity index (χ0v) is 15.9. The quantitative estimate of drug-likeness (QED) is 0.602. The standard InChI is InChI=1S/C20H25N3O5/c1-14(18(25)21-16-11-7-2-3-8-12-16)27-17(24)13-23-20(26)28-19(22-23)15-9-5-4-6-10-15/h4-6,9-10,14,16H,2-3,7-8,11-13H2,1H3,(H,21,25)/t14-/m1/s1. The maximum Gasteiger partial charge on any atom is 0.437 e. The van der Waals surface area contributed by atoms with Crippen LogP contribution in [-0.2, 0) is 20.9 Å². The Bertz CT molecular complexity index is 850. The van der Waals surface area contributed by atoms with Gasteiger partial charge >= 0.3 is 11.7 Å². The molecule has 0 radical (unpaired) electrons. The van der Waals surface area contributed by atoms with E-state index < -0.39 is 24.4 Å². The predicted molar refractivity (Wildman–Crippen MR) is 101 cm³/mol. The van der Waals surface area contributed by atoms with Gasteiger partial charge < -0.3 is 14.5 Å². The lowest BCUT2D eigenvalue weighted by molar-refractivity contribution is -0.155. The molecule has 8 heteroatoms. The van der Waals surface area contributed by atoms with Crippen molar-refractivity contribution in [1.82, 2.24) is 15.1 Å². The third-order valence-electron chi connectivity index (χ3n) is 4.78. The molecular weight excluding hydrogens is 362 g/mol. The molecule has 0 unspecified atom stereocenters. The molecule has 1 atom stereocenters. The van der Waals surface area contributed by atoms with Crippen molar-refractivity contribution in [3.05, 3.63) is 40.9 Å². The highest BCUT2D eigenvalue weighted by molar-refractivity contribution is 5.83. The van der Waals surface area contributed by atoms with Gasteiger partial charge in [-0.05, 0) is 31.9 Å². The Balaban J connectivity index is 1.54. The number of nitrogens with zero attached hydrogens (tertiary/aromatic N) is 2. The SMILES string of the molecule is C[C@@H](OC(=O)Cn1nc(-c2ccccc2)oc1=O)C(=O)NC1CCCCCC1. The van der Waals surface area contributed by atoms with Crippen LogP contribution < -0.4 is 11.1 Å². The van der Waals surface area contributed by atoms with Crippen LogP contribution in [0.5, 0.6) is 0 Å². The number of hydrogen-bond donors (Lipinski definition) is 1. The average molecular weight is 387 g/mol. The molecule has 1 amide bonds. The average Bonchev–Trinajstić information content (AvgIpc) is 2.88. The van der Waals surface area contributed by atoms with E-state index in [1.54, 1.807) is 24.3 Å². The molecule has 1 heterocycles. The second-order valence-corrected chi connectivity index (χ2v) is 7.03. The van der Waals surface area contributed by atoms with Gasteiger partial charge in [-0.1, -0.05) is 43.9 Å². The van der Waals surface area contributed by atoms with Crippen LogP contribution in [-0.4, -0.2) is 33.8 Å². The molecule has 0 spiro atoms. The maximum absolute atomic E-state index is 12.3. The van der Waals surface area contributed by atoms with Crippen LogP contribution in [0.15, 0.2) is 39.5 Å². The van der Waals surface area contributed by atoms with Gasteiger partial charge in [0.15, 0.2) is 6.10 Å². The zero-order chi connectivity index (χ0) is 19.9. The highest BCUT2D eigenvalue weighted by Crippen LogP contribution is 2.17. The molecule has 150 valence electrons. The monoisotopic (exact) mass is 387 g/mol. The fourth-order valence-corrected chi connectivity index (χ4v) is 3.26. The first-order valence-corrected chi connectivity index (χ1v) is 9.66. The first-order valence-electron chi connectivity index (χ1n) is 9.66. The number of hydrogen-bond acceptors (Lipinski definition) is 6. The summed E-state index contributed by atoms with van der Waals surface area (Å²) in [7, 11) is 0. The van der Waals surface area contributed by atoms with E-state index in [1.165, 1.54) is 19.8 Å². The van der Waals surface area contributed by atoms with Gasteiger partial charge in [0.25, 0.3) is 5.91 Å². The Labute approximate surface area is 162 Å². The number of amides is 1. The summed E-state index contributed by atoms with van der Waals surface area (Å²) < 4.78 is 11.1. The third-order valence-corrected chi connectivity index (χ3v) is 4.78. The van der Waals surface area contributed by atoms with Crippen LogP contribution in [0.25, 0.3) is 11.5 Å². The fraction of sp³-hybridized carbons (Fsp3) is 0.500. The number of ether oxygens (including phenoxy) is 1. The molecule has 0 saturated heterocycles. The van der Waals surface area contributed by atoms with Crippen molar-refractivity contribution in [2.75, 3.05) is 0 Å². The summed E-state index contributed by atoms with van der Waals surface area (Å²) in [6.45, 7) is 1.10. The molecule has 0 bridgehead atoms. The highest BCUT2D eigenvalue weighted by atomic mass is 16.5. The van der Waals surface area contributed by atoms with Crippen molar-refractivity contribution < 1.29 is 18.7 Å². The number of rotatable bonds is 6. The molecule has 1 aromatic heterocycles. The molecule has 1 saturated carbocycles. The number of nitrogens with one attached hydrogen (secondary N) is 1. The maximum atomic E-state index is 12.3. The molecule has 1 aliphatic rings. The van der Waals surface area contributed by atoms with Crippen molar-refractivity contribution in [1.29, 1.82) is 0 Å². The van der Waals surface area contributed by atoms with E-state index in [9.17, 15) is 14.4 Å². The smallest absolute Gasteiger partial charge is 0.437 e. The molecule has 1 fully saturated rings. The van der Waals surface area contributed by atoms with E-state index in [2.05, 4.69) is 10.4 Å². The lowest BCUT2D eigenvalue weighted by Gasteiger charge is -2.19. The van der Waals surface area contributed by atoms with E-state index >= 15 is 0 Å². The van der Waals surface area contributed by atoms with Crippen LogP contribution in [0.4, 0.5) is 0 Å². The minimum Gasteiger partial charge on any atom is -0.451 e. The fourth-order valence-electron chi connectivity index (χ4n) is 3.26. The third kappa shape index (κ3) is 5.31. The van der Waals surface area contributed by atoms with Crippen LogP contribution in [0, 0.1) is 0 Å². The van der Waals surface area contributed by atoms with Crippen molar-refractivity contribution in [3.8, 4) is 11.5 Å². The molecule has 3 rings (SSSR count). The van der Waals surface area contributed by atoms with E-state index in [4.69, 9.17) is 9.15 Å². The first kappa shape index (κ1) is 19.9. The van der Waals surface area contributed by atoms with Crippen molar-refractivity contribution in [3.63, 3.8) is 0 Å². The van der Waals surface area contributed by atoms with Gasteiger partial charge in [0.05, 0.1) is 0 Å². The molecule has 1 N–H and O–H groups in total. The van der Waals surface area contributed by atoms with Gasteiger partial charge in [0, 0.05) is 11.6 Å². The molecular formula is C20H25N3O5. The summed E-state index contributed by atoms with van der Waals surface area (Å²) in [4.78, 5) is 36.3. The van der Waals surface area contributed by atoms with Crippen LogP contribution in [0.3, 0.4) is 0 Å². The van der Waals surface area contributed by atoms with Gasteiger partial charge in [-0.2, -0.15) is 4.68 Å². The largest absolute Gasteiger partial charge is 0.451 e. The molecule has 1 aromatic carbocycles. The van der Waals surface area contributed by atoms with E-state index in [0.29, 0.717) is 5.56 Å². The highest BCUT2D eigenvalue weighted by Gasteiger charge is 2.23. The van der Waals surface area contributed by atoms with E-state index in [-0.39, 0.29) is 17.8 Å². The second-order valence-electron chi connectivity index (χ2n) is 7.03. The summed E-state index contributed by atoms with van der Waals surface area (Å²) in [5.41, 5.74) is 0.628. The van der Waals surface area contributed by atoms with Gasteiger partial charge in [0.1, 0.15) is 6.54 Å².